The SMILES string of the molecule is CC(CC(O)c1cnn(C)c1)C(=O)O. The lowest BCUT2D eigenvalue weighted by molar-refractivity contribution is -0.142. The topological polar surface area (TPSA) is 75.4 Å². The number of carboxylic acids is 1. The second kappa shape index (κ2) is 4.23. The van der Waals surface area contributed by atoms with Crippen molar-refractivity contribution in [3.63, 3.8) is 0 Å². The van der Waals surface area contributed by atoms with Crippen LogP contribution in [-0.4, -0.2) is 26.0 Å². The van der Waals surface area contributed by atoms with Crippen molar-refractivity contribution in [1.82, 2.24) is 9.78 Å². The highest BCUT2D eigenvalue weighted by Gasteiger charge is 2.18. The molecule has 1 aromatic rings. The van der Waals surface area contributed by atoms with E-state index >= 15 is 0 Å². The summed E-state index contributed by atoms with van der Waals surface area (Å²) in [6.45, 7) is 1.57. The standard InChI is InChI=1S/C9H14N2O3/c1-6(9(13)14)3-8(12)7-4-10-11(2)5-7/h4-6,8,12H,3H2,1-2H3,(H,13,14). The van der Waals surface area contributed by atoms with E-state index in [0.717, 1.165) is 0 Å². The molecular formula is C9H14N2O3. The molecule has 2 atom stereocenters. The zero-order valence-corrected chi connectivity index (χ0v) is 8.21. The van der Waals surface area contributed by atoms with Crippen LogP contribution in [0.25, 0.3) is 0 Å². The number of aryl methyl sites for hydroxylation is 1. The third-order valence-corrected chi connectivity index (χ3v) is 2.11. The van der Waals surface area contributed by atoms with Crippen LogP contribution in [0, 0.1) is 5.92 Å². The molecule has 0 aromatic carbocycles. The van der Waals surface area contributed by atoms with Gasteiger partial charge in [-0.05, 0) is 6.42 Å². The van der Waals surface area contributed by atoms with Crippen LogP contribution in [0.3, 0.4) is 0 Å². The maximum absolute atomic E-state index is 10.5. The number of rotatable bonds is 4. The van der Waals surface area contributed by atoms with Crippen LogP contribution in [0.1, 0.15) is 25.0 Å². The average Bonchev–Trinajstić information content (AvgIpc) is 2.51. The van der Waals surface area contributed by atoms with E-state index in [1.54, 1.807) is 31.0 Å². The van der Waals surface area contributed by atoms with Crippen LogP contribution >= 0.6 is 0 Å². The van der Waals surface area contributed by atoms with Crippen molar-refractivity contribution in [2.45, 2.75) is 19.4 Å². The van der Waals surface area contributed by atoms with Crippen molar-refractivity contribution in [2.75, 3.05) is 0 Å². The Labute approximate surface area is 82.0 Å². The van der Waals surface area contributed by atoms with Crippen molar-refractivity contribution in [3.05, 3.63) is 18.0 Å². The molecule has 0 aliphatic rings. The van der Waals surface area contributed by atoms with E-state index in [1.165, 1.54) is 0 Å². The van der Waals surface area contributed by atoms with Gasteiger partial charge in [0, 0.05) is 18.8 Å². The van der Waals surface area contributed by atoms with Gasteiger partial charge in [0.15, 0.2) is 0 Å². The van der Waals surface area contributed by atoms with Gasteiger partial charge in [0.05, 0.1) is 18.2 Å². The van der Waals surface area contributed by atoms with E-state index in [0.29, 0.717) is 5.56 Å². The molecule has 2 unspecified atom stereocenters. The molecule has 0 saturated carbocycles. The minimum absolute atomic E-state index is 0.209. The van der Waals surface area contributed by atoms with Crippen molar-refractivity contribution >= 4 is 5.97 Å². The number of hydrogen-bond donors (Lipinski definition) is 2. The molecule has 5 heteroatoms. The lowest BCUT2D eigenvalue weighted by atomic mass is 10.0. The van der Waals surface area contributed by atoms with Crippen LogP contribution in [-0.2, 0) is 11.8 Å². The molecule has 0 saturated heterocycles. The molecule has 2 N–H and O–H groups in total. The summed E-state index contributed by atoms with van der Waals surface area (Å²) in [7, 11) is 1.75. The lowest BCUT2D eigenvalue weighted by Crippen LogP contribution is -2.13. The molecule has 0 spiro atoms. The van der Waals surface area contributed by atoms with Gasteiger partial charge in [0.25, 0.3) is 0 Å². The van der Waals surface area contributed by atoms with Gasteiger partial charge in [-0.2, -0.15) is 5.10 Å². The fourth-order valence-corrected chi connectivity index (χ4v) is 1.18. The molecule has 0 bridgehead atoms. The Kier molecular flexibility index (Phi) is 3.24. The smallest absolute Gasteiger partial charge is 0.306 e. The van der Waals surface area contributed by atoms with Crippen molar-refractivity contribution in [3.8, 4) is 0 Å². The number of carbonyl (C=O) groups is 1. The van der Waals surface area contributed by atoms with Crippen molar-refractivity contribution < 1.29 is 15.0 Å². The van der Waals surface area contributed by atoms with E-state index in [1.807, 2.05) is 0 Å². The summed E-state index contributed by atoms with van der Waals surface area (Å²) in [5, 5.41) is 22.2. The minimum Gasteiger partial charge on any atom is -0.481 e. The Bertz CT molecular complexity index is 322. The third-order valence-electron chi connectivity index (χ3n) is 2.11. The fourth-order valence-electron chi connectivity index (χ4n) is 1.18. The van der Waals surface area contributed by atoms with Crippen molar-refractivity contribution in [2.24, 2.45) is 13.0 Å². The van der Waals surface area contributed by atoms with E-state index < -0.39 is 18.0 Å². The summed E-state index contributed by atoms with van der Waals surface area (Å²) in [5.41, 5.74) is 0.653. The van der Waals surface area contributed by atoms with Crippen LogP contribution in [0.5, 0.6) is 0 Å². The molecule has 1 rings (SSSR count). The van der Waals surface area contributed by atoms with E-state index in [-0.39, 0.29) is 6.42 Å². The summed E-state index contributed by atoms with van der Waals surface area (Å²) in [6.07, 6.45) is 2.68. The summed E-state index contributed by atoms with van der Waals surface area (Å²) < 4.78 is 1.57. The van der Waals surface area contributed by atoms with Crippen molar-refractivity contribution in [1.29, 1.82) is 0 Å². The molecule has 78 valence electrons. The van der Waals surface area contributed by atoms with Gasteiger partial charge in [0.2, 0.25) is 0 Å². The maximum Gasteiger partial charge on any atom is 0.306 e. The molecule has 5 nitrogen and oxygen atoms in total. The van der Waals surface area contributed by atoms with Gasteiger partial charge in [-0.25, -0.2) is 0 Å². The maximum atomic E-state index is 10.5. The predicted octanol–water partition coefficient (Wildman–Crippen LogP) is 0.564. The van der Waals surface area contributed by atoms with Crippen LogP contribution in [0.15, 0.2) is 12.4 Å². The first kappa shape index (κ1) is 10.7. The largest absolute Gasteiger partial charge is 0.481 e. The fraction of sp³-hybridized carbons (Fsp3) is 0.556. The summed E-state index contributed by atoms with van der Waals surface area (Å²) in [6, 6.07) is 0. The predicted molar refractivity (Wildman–Crippen MR) is 49.6 cm³/mol. The number of hydrogen-bond acceptors (Lipinski definition) is 3. The van der Waals surface area contributed by atoms with Crippen LogP contribution in [0.4, 0.5) is 0 Å². The Morgan fingerprint density at radius 1 is 1.71 bits per heavy atom. The quantitative estimate of drug-likeness (QED) is 0.741. The van der Waals surface area contributed by atoms with Gasteiger partial charge in [-0.15, -0.1) is 0 Å². The molecule has 14 heavy (non-hydrogen) atoms. The highest BCUT2D eigenvalue weighted by atomic mass is 16.4. The third kappa shape index (κ3) is 2.56. The molecule has 0 aliphatic carbocycles. The first-order chi connectivity index (χ1) is 6.50. The molecule has 1 aromatic heterocycles. The van der Waals surface area contributed by atoms with Gasteiger partial charge in [0.1, 0.15) is 0 Å². The lowest BCUT2D eigenvalue weighted by Gasteiger charge is -2.10. The van der Waals surface area contributed by atoms with Gasteiger partial charge in [-0.3, -0.25) is 9.48 Å². The minimum atomic E-state index is -0.895. The van der Waals surface area contributed by atoms with Crippen LogP contribution in [0.2, 0.25) is 0 Å². The highest BCUT2D eigenvalue weighted by Crippen LogP contribution is 2.20. The summed E-state index contributed by atoms with van der Waals surface area (Å²) in [4.78, 5) is 10.5. The summed E-state index contributed by atoms with van der Waals surface area (Å²) in [5.74, 6) is -1.45. The molecule has 1 heterocycles. The first-order valence-electron chi connectivity index (χ1n) is 4.40. The monoisotopic (exact) mass is 198 g/mol. The number of carboxylic acid groups (broad SMARTS) is 1. The number of aromatic nitrogens is 2. The molecule has 0 fully saturated rings. The zero-order valence-electron chi connectivity index (χ0n) is 8.21. The van der Waals surface area contributed by atoms with E-state index in [9.17, 15) is 9.90 Å². The van der Waals surface area contributed by atoms with Crippen LogP contribution < -0.4 is 0 Å². The number of aliphatic carboxylic acids is 1. The van der Waals surface area contributed by atoms with E-state index in [4.69, 9.17) is 5.11 Å². The number of aliphatic hydroxyl groups excluding tert-OH is 1. The molecule has 0 amide bonds. The highest BCUT2D eigenvalue weighted by molar-refractivity contribution is 5.69. The Hall–Kier alpha value is -1.36. The van der Waals surface area contributed by atoms with Gasteiger partial charge in [-0.1, -0.05) is 6.92 Å². The number of nitrogens with zero attached hydrogens (tertiary/aromatic N) is 2. The molecular weight excluding hydrogens is 184 g/mol. The average molecular weight is 198 g/mol. The Morgan fingerprint density at radius 2 is 2.36 bits per heavy atom. The molecule has 0 radical (unpaired) electrons. The molecule has 0 aliphatic heterocycles. The van der Waals surface area contributed by atoms with Gasteiger partial charge >= 0.3 is 5.97 Å². The summed E-state index contributed by atoms with van der Waals surface area (Å²) >= 11 is 0. The number of aliphatic hydroxyl groups is 1. The van der Waals surface area contributed by atoms with Gasteiger partial charge < -0.3 is 10.2 Å². The normalized spacial score (nSPS) is 15.1. The Balaban J connectivity index is 2.58. The van der Waals surface area contributed by atoms with E-state index in [2.05, 4.69) is 5.10 Å². The zero-order chi connectivity index (χ0) is 10.7. The Morgan fingerprint density at radius 3 is 2.79 bits per heavy atom. The second-order valence-corrected chi connectivity index (χ2v) is 3.44. The second-order valence-electron chi connectivity index (χ2n) is 3.44. The first-order valence-corrected chi connectivity index (χ1v) is 4.40.